The summed E-state index contributed by atoms with van der Waals surface area (Å²) in [5, 5.41) is 1.25. The van der Waals surface area contributed by atoms with Crippen LogP contribution in [0.25, 0.3) is 0 Å². The van der Waals surface area contributed by atoms with Crippen molar-refractivity contribution in [1.29, 1.82) is 0 Å². The van der Waals surface area contributed by atoms with Gasteiger partial charge in [0.15, 0.2) is 0 Å². The molecule has 0 radical (unpaired) electrons. The van der Waals surface area contributed by atoms with E-state index in [1.54, 1.807) is 7.05 Å². The van der Waals surface area contributed by atoms with E-state index in [4.69, 9.17) is 10.6 Å². The normalized spacial score (nSPS) is 20.5. The zero-order valence-corrected chi connectivity index (χ0v) is 9.08. The molecule has 1 aliphatic carbocycles. The number of carbonyl (C=O) groups is 1. The molecule has 1 saturated carbocycles. The number of hydrogen-bond acceptors (Lipinski definition) is 3. The number of nitrogens with zero attached hydrogens (tertiary/aromatic N) is 1. The summed E-state index contributed by atoms with van der Waals surface area (Å²) in [6.45, 7) is 0. The van der Waals surface area contributed by atoms with Crippen molar-refractivity contribution in [3.05, 3.63) is 0 Å². The highest BCUT2D eigenvalue weighted by molar-refractivity contribution is 5.76. The fourth-order valence-electron chi connectivity index (χ4n) is 1.95. The summed E-state index contributed by atoms with van der Waals surface area (Å²) in [4.78, 5) is 16.4. The van der Waals surface area contributed by atoms with Gasteiger partial charge in [-0.05, 0) is 12.8 Å². The van der Waals surface area contributed by atoms with E-state index in [2.05, 4.69) is 0 Å². The van der Waals surface area contributed by atoms with E-state index < -0.39 is 0 Å². The van der Waals surface area contributed by atoms with Crippen LogP contribution >= 0.6 is 0 Å². The Labute approximate surface area is 85.3 Å². The molecule has 0 heterocycles. The topological polar surface area (TPSA) is 55.6 Å². The van der Waals surface area contributed by atoms with Crippen LogP contribution in [-0.4, -0.2) is 30.7 Å². The van der Waals surface area contributed by atoms with E-state index in [9.17, 15) is 4.79 Å². The Morgan fingerprint density at radius 1 is 1.43 bits per heavy atom. The minimum atomic E-state index is -0.290. The molecule has 0 aliphatic heterocycles. The van der Waals surface area contributed by atoms with Crippen molar-refractivity contribution in [2.75, 3.05) is 14.2 Å². The first-order valence-corrected chi connectivity index (χ1v) is 5.17. The molecule has 1 aliphatic rings. The van der Waals surface area contributed by atoms with Crippen LogP contribution in [0.5, 0.6) is 0 Å². The number of carbonyl (C=O) groups excluding carboxylic acids is 1. The van der Waals surface area contributed by atoms with Crippen LogP contribution in [0.2, 0.25) is 0 Å². The first-order valence-electron chi connectivity index (χ1n) is 5.17. The van der Waals surface area contributed by atoms with Crippen molar-refractivity contribution >= 4 is 5.91 Å². The largest absolute Gasteiger partial charge is 0.325 e. The zero-order chi connectivity index (χ0) is 10.6. The number of hydrogen-bond donors (Lipinski definition) is 1. The summed E-state index contributed by atoms with van der Waals surface area (Å²) < 4.78 is 0. The molecule has 0 aromatic heterocycles. The molecular weight excluding hydrogens is 180 g/mol. The maximum Gasteiger partial charge on any atom is 0.247 e. The van der Waals surface area contributed by atoms with Crippen molar-refractivity contribution in [3.8, 4) is 0 Å². The second kappa shape index (κ2) is 4.75. The van der Waals surface area contributed by atoms with Crippen LogP contribution in [-0.2, 0) is 9.63 Å². The molecule has 1 amide bonds. The minimum Gasteiger partial charge on any atom is -0.325 e. The third-order valence-electron chi connectivity index (χ3n) is 2.98. The second-order valence-electron chi connectivity index (χ2n) is 4.17. The van der Waals surface area contributed by atoms with Gasteiger partial charge in [0, 0.05) is 19.0 Å². The van der Waals surface area contributed by atoms with Gasteiger partial charge in [0.2, 0.25) is 5.91 Å². The fraction of sp³-hybridized carbons (Fsp3) is 0.900. The van der Waals surface area contributed by atoms with Crippen LogP contribution in [0.4, 0.5) is 0 Å². The first-order chi connectivity index (χ1) is 6.57. The van der Waals surface area contributed by atoms with Crippen molar-refractivity contribution in [3.63, 3.8) is 0 Å². The third-order valence-corrected chi connectivity index (χ3v) is 2.98. The highest BCUT2D eigenvalue weighted by Gasteiger charge is 2.31. The van der Waals surface area contributed by atoms with Gasteiger partial charge in [-0.15, -0.1) is 0 Å². The van der Waals surface area contributed by atoms with Gasteiger partial charge in [0.05, 0.1) is 7.11 Å². The molecular formula is C10H20N2O2. The summed E-state index contributed by atoms with van der Waals surface area (Å²) in [6.07, 6.45) is 5.83. The predicted octanol–water partition coefficient (Wildman–Crippen LogP) is 1.06. The second-order valence-corrected chi connectivity index (χ2v) is 4.17. The lowest BCUT2D eigenvalue weighted by molar-refractivity contribution is -0.170. The summed E-state index contributed by atoms with van der Waals surface area (Å²) in [7, 11) is 3.11. The summed E-state index contributed by atoms with van der Waals surface area (Å²) in [5.74, 6) is -0.0306. The lowest BCUT2D eigenvalue weighted by atomic mass is 9.80. The molecule has 0 aromatic rings. The average Bonchev–Trinajstić information content (AvgIpc) is 2.17. The third kappa shape index (κ3) is 2.96. The highest BCUT2D eigenvalue weighted by Crippen LogP contribution is 2.28. The lowest BCUT2D eigenvalue weighted by Gasteiger charge is -2.33. The van der Waals surface area contributed by atoms with Gasteiger partial charge in [-0.1, -0.05) is 19.3 Å². The molecule has 1 rings (SSSR count). The maximum absolute atomic E-state index is 11.6. The maximum atomic E-state index is 11.6. The molecule has 4 nitrogen and oxygen atoms in total. The monoisotopic (exact) mass is 200 g/mol. The molecule has 0 aromatic carbocycles. The quantitative estimate of drug-likeness (QED) is 0.693. The van der Waals surface area contributed by atoms with Crippen molar-refractivity contribution in [2.45, 2.75) is 44.1 Å². The van der Waals surface area contributed by atoms with Crippen LogP contribution < -0.4 is 5.73 Å². The van der Waals surface area contributed by atoms with Crippen molar-refractivity contribution < 1.29 is 9.63 Å². The van der Waals surface area contributed by atoms with Gasteiger partial charge in [-0.3, -0.25) is 9.63 Å². The minimum absolute atomic E-state index is 0.0306. The van der Waals surface area contributed by atoms with E-state index >= 15 is 0 Å². The Morgan fingerprint density at radius 2 is 2.00 bits per heavy atom. The van der Waals surface area contributed by atoms with Gasteiger partial charge in [-0.2, -0.15) is 0 Å². The Bertz CT molecular complexity index is 200. The summed E-state index contributed by atoms with van der Waals surface area (Å²) in [5.41, 5.74) is 5.86. The van der Waals surface area contributed by atoms with Crippen LogP contribution in [0, 0.1) is 0 Å². The van der Waals surface area contributed by atoms with Crippen LogP contribution in [0.15, 0.2) is 0 Å². The van der Waals surface area contributed by atoms with E-state index in [-0.39, 0.29) is 11.4 Å². The Morgan fingerprint density at radius 3 is 2.50 bits per heavy atom. The molecule has 0 atom stereocenters. The Hall–Kier alpha value is -0.610. The van der Waals surface area contributed by atoms with Crippen LogP contribution in [0.3, 0.4) is 0 Å². The molecule has 4 heteroatoms. The van der Waals surface area contributed by atoms with E-state index in [0.29, 0.717) is 6.42 Å². The predicted molar refractivity (Wildman–Crippen MR) is 54.4 cm³/mol. The molecule has 2 N–H and O–H groups in total. The summed E-state index contributed by atoms with van der Waals surface area (Å²) in [6, 6.07) is 0. The zero-order valence-electron chi connectivity index (χ0n) is 9.08. The molecule has 0 unspecified atom stereocenters. The van der Waals surface area contributed by atoms with Gasteiger partial charge in [0.1, 0.15) is 0 Å². The molecule has 0 bridgehead atoms. The van der Waals surface area contributed by atoms with E-state index in [0.717, 1.165) is 25.7 Å². The smallest absolute Gasteiger partial charge is 0.247 e. The van der Waals surface area contributed by atoms with Crippen molar-refractivity contribution in [2.24, 2.45) is 5.73 Å². The van der Waals surface area contributed by atoms with Crippen LogP contribution in [0.1, 0.15) is 38.5 Å². The highest BCUT2D eigenvalue weighted by atomic mass is 16.7. The van der Waals surface area contributed by atoms with E-state index in [1.807, 2.05) is 0 Å². The number of amides is 1. The van der Waals surface area contributed by atoms with Gasteiger partial charge >= 0.3 is 0 Å². The van der Waals surface area contributed by atoms with Gasteiger partial charge in [0.25, 0.3) is 0 Å². The SMILES string of the molecule is CON(C)C(=O)CC1(N)CCCCC1. The molecule has 0 saturated heterocycles. The Balaban J connectivity index is 2.44. The average molecular weight is 200 g/mol. The fourth-order valence-corrected chi connectivity index (χ4v) is 1.95. The molecule has 14 heavy (non-hydrogen) atoms. The first kappa shape index (κ1) is 11.5. The number of hydroxylamine groups is 2. The standard InChI is InChI=1S/C10H20N2O2/c1-12(14-2)9(13)8-10(11)6-4-3-5-7-10/h3-8,11H2,1-2H3. The Kier molecular flexibility index (Phi) is 3.89. The molecule has 82 valence electrons. The van der Waals surface area contributed by atoms with Crippen molar-refractivity contribution in [1.82, 2.24) is 5.06 Å². The van der Waals surface area contributed by atoms with Gasteiger partial charge < -0.3 is 5.73 Å². The molecule has 0 spiro atoms. The number of rotatable bonds is 3. The lowest BCUT2D eigenvalue weighted by Crippen LogP contribution is -2.46. The van der Waals surface area contributed by atoms with E-state index in [1.165, 1.54) is 18.6 Å². The summed E-state index contributed by atoms with van der Waals surface area (Å²) >= 11 is 0. The molecule has 1 fully saturated rings. The van der Waals surface area contributed by atoms with Gasteiger partial charge in [-0.25, -0.2) is 5.06 Å². The number of nitrogens with two attached hydrogens (primary N) is 1.